The lowest BCUT2D eigenvalue weighted by Gasteiger charge is -2.27. The number of aromatic nitrogens is 1. The third-order valence-corrected chi connectivity index (χ3v) is 6.60. The predicted octanol–water partition coefficient (Wildman–Crippen LogP) is 3.99. The van der Waals surface area contributed by atoms with E-state index in [1.165, 1.54) is 21.6 Å². The van der Waals surface area contributed by atoms with Gasteiger partial charge in [0.15, 0.2) is 12.2 Å². The Kier molecular flexibility index (Phi) is 14.2. The molecule has 0 aliphatic rings. The number of amides is 1. The number of rotatable bonds is 20. The minimum absolute atomic E-state index is 0.157. The van der Waals surface area contributed by atoms with Crippen molar-refractivity contribution in [1.82, 2.24) is 10.1 Å². The normalized spacial score (nSPS) is 12.6. The summed E-state index contributed by atoms with van der Waals surface area (Å²) in [5.74, 6) is -2.72. The number of carboxylic acids is 2. The van der Waals surface area contributed by atoms with Crippen LogP contribution in [0.15, 0.2) is 28.8 Å². The number of aliphatic carboxylic acids is 2. The fraction of sp³-hybridized carbons (Fsp3) is 0.586. The molecule has 1 aromatic carbocycles. The number of hydrogen-bond donors (Lipinski definition) is 3. The van der Waals surface area contributed by atoms with Crippen molar-refractivity contribution in [1.29, 1.82) is 0 Å². The number of hydrogen-bond acceptors (Lipinski definition) is 8. The van der Waals surface area contributed by atoms with Gasteiger partial charge in [0.05, 0.1) is 5.69 Å². The Balaban J connectivity index is 1.83. The molecular formula is C29H43N3O8. The average molecular weight is 562 g/mol. The quantitative estimate of drug-likeness (QED) is 0.202. The van der Waals surface area contributed by atoms with Crippen LogP contribution in [0.5, 0.6) is 0 Å². The maximum Gasteiger partial charge on any atom is 0.336 e. The van der Waals surface area contributed by atoms with E-state index in [1.54, 1.807) is 7.05 Å². The van der Waals surface area contributed by atoms with E-state index in [0.29, 0.717) is 31.8 Å². The van der Waals surface area contributed by atoms with Gasteiger partial charge in [-0.3, -0.25) is 4.79 Å². The Labute approximate surface area is 235 Å². The topological polar surface area (TPSA) is 151 Å². The third kappa shape index (κ3) is 11.7. The number of benzene rings is 1. The van der Waals surface area contributed by atoms with Gasteiger partial charge in [0, 0.05) is 32.8 Å². The fourth-order valence-corrected chi connectivity index (χ4v) is 4.15. The van der Waals surface area contributed by atoms with Crippen LogP contribution in [-0.2, 0) is 30.3 Å². The summed E-state index contributed by atoms with van der Waals surface area (Å²) in [6.45, 7) is 6.40. The van der Waals surface area contributed by atoms with Gasteiger partial charge >= 0.3 is 11.9 Å². The summed E-state index contributed by atoms with van der Waals surface area (Å²) in [5.41, 5.74) is 4.57. The van der Waals surface area contributed by atoms with Gasteiger partial charge in [-0.05, 0) is 76.0 Å². The summed E-state index contributed by atoms with van der Waals surface area (Å²) in [5, 5.41) is 25.6. The van der Waals surface area contributed by atoms with Crippen molar-refractivity contribution < 1.29 is 38.6 Å². The summed E-state index contributed by atoms with van der Waals surface area (Å²) < 4.78 is 15.9. The molecule has 0 fully saturated rings. The first kappa shape index (κ1) is 32.8. The maximum atomic E-state index is 13.2. The Morgan fingerprint density at radius 1 is 0.950 bits per heavy atom. The fourth-order valence-electron chi connectivity index (χ4n) is 4.15. The monoisotopic (exact) mass is 561 g/mol. The molecule has 1 aromatic heterocycles. The lowest BCUT2D eigenvalue weighted by Crippen LogP contribution is -2.50. The maximum absolute atomic E-state index is 13.2. The standard InChI is InChI=1S/C29H43N3O8/c1-20-12-13-23(17-21(20)2)11-7-5-10-16-38-26(27(29(36)37)39-19-25(33)34)28(35)32(4)15-9-6-8-14-30-24-18-22(3)31-40-24/h12-13,17-18,26-27,30H,5-11,14-16,19H2,1-4H3,(H,33,34)(H,36,37). The zero-order chi connectivity index (χ0) is 29.5. The summed E-state index contributed by atoms with van der Waals surface area (Å²) in [6.07, 6.45) is 2.48. The number of anilines is 1. The van der Waals surface area contributed by atoms with E-state index in [0.717, 1.165) is 37.8 Å². The van der Waals surface area contributed by atoms with Gasteiger partial charge in [0.2, 0.25) is 5.88 Å². The lowest BCUT2D eigenvalue weighted by atomic mass is 10.0. The summed E-state index contributed by atoms with van der Waals surface area (Å²) in [4.78, 5) is 37.5. The van der Waals surface area contributed by atoms with Crippen LogP contribution >= 0.6 is 0 Å². The largest absolute Gasteiger partial charge is 0.480 e. The lowest BCUT2D eigenvalue weighted by molar-refractivity contribution is -0.175. The molecule has 222 valence electrons. The smallest absolute Gasteiger partial charge is 0.336 e. The minimum atomic E-state index is -1.73. The zero-order valence-electron chi connectivity index (χ0n) is 24.0. The number of carbonyl (C=O) groups excluding carboxylic acids is 1. The van der Waals surface area contributed by atoms with E-state index in [9.17, 15) is 19.5 Å². The van der Waals surface area contributed by atoms with Gasteiger partial charge in [0.1, 0.15) is 6.61 Å². The van der Waals surface area contributed by atoms with Gasteiger partial charge in [-0.2, -0.15) is 0 Å². The van der Waals surface area contributed by atoms with E-state index in [4.69, 9.17) is 19.1 Å². The number of carbonyl (C=O) groups is 3. The SMILES string of the molecule is Cc1cc(NCCCCCN(C)C(=O)C(OCCCCCc2ccc(C)c(C)c2)C(OCC(=O)O)C(=O)O)on1. The van der Waals surface area contributed by atoms with Crippen LogP contribution in [0.25, 0.3) is 0 Å². The van der Waals surface area contributed by atoms with Gasteiger partial charge in [-0.15, -0.1) is 0 Å². The molecular weight excluding hydrogens is 518 g/mol. The van der Waals surface area contributed by atoms with Crippen molar-refractivity contribution >= 4 is 23.7 Å². The summed E-state index contributed by atoms with van der Waals surface area (Å²) in [6, 6.07) is 8.22. The second-order valence-electron chi connectivity index (χ2n) is 10.1. The molecule has 0 saturated heterocycles. The number of aryl methyl sites for hydroxylation is 4. The molecule has 11 nitrogen and oxygen atoms in total. The van der Waals surface area contributed by atoms with Crippen LogP contribution in [0.4, 0.5) is 5.88 Å². The van der Waals surface area contributed by atoms with Crippen molar-refractivity contribution in [2.24, 2.45) is 0 Å². The first-order valence-corrected chi connectivity index (χ1v) is 13.7. The number of ether oxygens (including phenoxy) is 2. The highest BCUT2D eigenvalue weighted by molar-refractivity contribution is 5.88. The second kappa shape index (κ2) is 17.3. The van der Waals surface area contributed by atoms with Gasteiger partial charge in [0.25, 0.3) is 5.91 Å². The summed E-state index contributed by atoms with van der Waals surface area (Å²) in [7, 11) is 1.58. The molecule has 11 heteroatoms. The van der Waals surface area contributed by atoms with Gasteiger partial charge in [-0.25, -0.2) is 9.59 Å². The van der Waals surface area contributed by atoms with E-state index in [2.05, 4.69) is 42.5 Å². The van der Waals surface area contributed by atoms with Crippen molar-refractivity contribution in [2.45, 2.75) is 77.9 Å². The number of nitrogens with one attached hydrogen (secondary N) is 1. The molecule has 0 radical (unpaired) electrons. The van der Waals surface area contributed by atoms with Crippen LogP contribution in [0.1, 0.15) is 60.9 Å². The first-order chi connectivity index (χ1) is 19.1. The van der Waals surface area contributed by atoms with E-state index >= 15 is 0 Å². The van der Waals surface area contributed by atoms with Gasteiger partial charge < -0.3 is 34.4 Å². The second-order valence-corrected chi connectivity index (χ2v) is 10.1. The highest BCUT2D eigenvalue weighted by atomic mass is 16.6. The van der Waals surface area contributed by atoms with E-state index in [-0.39, 0.29) is 6.61 Å². The minimum Gasteiger partial charge on any atom is -0.480 e. The van der Waals surface area contributed by atoms with Crippen LogP contribution in [0, 0.1) is 20.8 Å². The Bertz CT molecular complexity index is 1090. The Morgan fingerprint density at radius 3 is 2.35 bits per heavy atom. The molecule has 1 heterocycles. The van der Waals surface area contributed by atoms with Crippen LogP contribution in [0.3, 0.4) is 0 Å². The van der Waals surface area contributed by atoms with Gasteiger partial charge in [-0.1, -0.05) is 29.8 Å². The molecule has 0 saturated carbocycles. The third-order valence-electron chi connectivity index (χ3n) is 6.60. The van der Waals surface area contributed by atoms with Crippen molar-refractivity contribution in [3.8, 4) is 0 Å². The Morgan fingerprint density at radius 2 is 1.70 bits per heavy atom. The van der Waals surface area contributed by atoms with E-state index in [1.807, 2.05) is 13.0 Å². The number of likely N-dealkylation sites (N-methyl/N-ethyl adjacent to an activating group) is 1. The molecule has 2 rings (SSSR count). The highest BCUT2D eigenvalue weighted by Crippen LogP contribution is 2.15. The molecule has 2 atom stereocenters. The molecule has 0 bridgehead atoms. The molecule has 0 aliphatic heterocycles. The molecule has 0 spiro atoms. The predicted molar refractivity (Wildman–Crippen MR) is 149 cm³/mol. The Hall–Kier alpha value is -3.44. The number of nitrogens with zero attached hydrogens (tertiary/aromatic N) is 2. The molecule has 1 amide bonds. The molecule has 3 N–H and O–H groups in total. The van der Waals surface area contributed by atoms with Crippen LogP contribution in [-0.4, -0.2) is 83.7 Å². The number of unbranched alkanes of at least 4 members (excludes halogenated alkanes) is 4. The van der Waals surface area contributed by atoms with Crippen molar-refractivity contribution in [2.75, 3.05) is 38.7 Å². The first-order valence-electron chi connectivity index (χ1n) is 13.7. The highest BCUT2D eigenvalue weighted by Gasteiger charge is 2.37. The van der Waals surface area contributed by atoms with E-state index < -0.39 is 36.7 Å². The van der Waals surface area contributed by atoms with Crippen LogP contribution in [0.2, 0.25) is 0 Å². The summed E-state index contributed by atoms with van der Waals surface area (Å²) >= 11 is 0. The van der Waals surface area contributed by atoms with Crippen LogP contribution < -0.4 is 5.32 Å². The number of carboxylic acid groups (broad SMARTS) is 2. The average Bonchev–Trinajstić information content (AvgIpc) is 3.32. The van der Waals surface area contributed by atoms with Crippen molar-refractivity contribution in [3.05, 3.63) is 46.6 Å². The zero-order valence-corrected chi connectivity index (χ0v) is 24.0. The molecule has 2 aromatic rings. The molecule has 0 aliphatic carbocycles. The molecule has 40 heavy (non-hydrogen) atoms. The van der Waals surface area contributed by atoms with Crippen molar-refractivity contribution in [3.63, 3.8) is 0 Å². The molecule has 2 unspecified atom stereocenters.